The van der Waals surface area contributed by atoms with Crippen LogP contribution in [0.4, 0.5) is 0 Å². The molecule has 6 heteroatoms. The maximum Gasteiger partial charge on any atom is 0.255 e. The number of para-hydroxylation sites is 1. The third-order valence-corrected chi connectivity index (χ3v) is 7.22. The van der Waals surface area contributed by atoms with Crippen molar-refractivity contribution in [3.63, 3.8) is 0 Å². The molecule has 2 aromatic carbocycles. The van der Waals surface area contributed by atoms with Gasteiger partial charge in [0.15, 0.2) is 0 Å². The quantitative estimate of drug-likeness (QED) is 0.536. The van der Waals surface area contributed by atoms with Gasteiger partial charge in [-0.05, 0) is 55.7 Å². The molecule has 1 saturated heterocycles. The van der Waals surface area contributed by atoms with Gasteiger partial charge in [0.25, 0.3) is 5.91 Å². The van der Waals surface area contributed by atoms with Gasteiger partial charge in [0.1, 0.15) is 0 Å². The smallest absolute Gasteiger partial charge is 0.255 e. The van der Waals surface area contributed by atoms with E-state index >= 15 is 0 Å². The highest BCUT2D eigenvalue weighted by Crippen LogP contribution is 2.32. The molecule has 3 aromatic rings. The Kier molecular flexibility index (Phi) is 5.98. The van der Waals surface area contributed by atoms with Crippen molar-refractivity contribution in [3.05, 3.63) is 76.9 Å². The number of carbonyl (C=O) groups is 2. The summed E-state index contributed by atoms with van der Waals surface area (Å²) in [7, 11) is 0. The van der Waals surface area contributed by atoms with Crippen molar-refractivity contribution in [2.45, 2.75) is 26.2 Å². The lowest BCUT2D eigenvalue weighted by Crippen LogP contribution is -2.52. The SMILES string of the molecule is Cc1c(C(=O)N2CCN(C(=O)C3CCC3)CC2)cc(-c2ccc(Cl)cc2)n1-c1ccccc1. The molecule has 5 nitrogen and oxygen atoms in total. The van der Waals surface area contributed by atoms with Gasteiger partial charge in [-0.3, -0.25) is 9.59 Å². The van der Waals surface area contributed by atoms with Crippen LogP contribution in [0.1, 0.15) is 35.3 Å². The zero-order valence-electron chi connectivity index (χ0n) is 18.8. The van der Waals surface area contributed by atoms with Gasteiger partial charge in [-0.25, -0.2) is 0 Å². The molecule has 1 saturated carbocycles. The molecular formula is C27H28ClN3O2. The summed E-state index contributed by atoms with van der Waals surface area (Å²) in [6.45, 7) is 4.37. The molecule has 170 valence electrons. The molecule has 1 aromatic heterocycles. The normalized spacial score (nSPS) is 16.5. The van der Waals surface area contributed by atoms with Gasteiger partial charge in [-0.15, -0.1) is 0 Å². The zero-order valence-corrected chi connectivity index (χ0v) is 19.6. The molecule has 33 heavy (non-hydrogen) atoms. The molecule has 0 unspecified atom stereocenters. The minimum atomic E-state index is 0.0214. The molecule has 2 fully saturated rings. The average molecular weight is 462 g/mol. The Morgan fingerprint density at radius 1 is 0.879 bits per heavy atom. The number of hydrogen-bond donors (Lipinski definition) is 0. The maximum atomic E-state index is 13.6. The summed E-state index contributed by atoms with van der Waals surface area (Å²) >= 11 is 6.12. The lowest BCUT2D eigenvalue weighted by molar-refractivity contribution is -0.139. The van der Waals surface area contributed by atoms with Crippen LogP contribution in [0.15, 0.2) is 60.7 Å². The van der Waals surface area contributed by atoms with E-state index in [1.165, 1.54) is 0 Å². The Morgan fingerprint density at radius 3 is 2.12 bits per heavy atom. The molecule has 1 aliphatic heterocycles. The maximum absolute atomic E-state index is 13.6. The third kappa shape index (κ3) is 4.18. The Bertz CT molecular complexity index is 1160. The second-order valence-corrected chi connectivity index (χ2v) is 9.39. The Hall–Kier alpha value is -3.05. The number of amides is 2. The van der Waals surface area contributed by atoms with Crippen molar-refractivity contribution < 1.29 is 9.59 Å². The van der Waals surface area contributed by atoms with Crippen LogP contribution < -0.4 is 0 Å². The predicted molar refractivity (Wildman–Crippen MR) is 131 cm³/mol. The summed E-state index contributed by atoms with van der Waals surface area (Å²) in [5, 5.41) is 0.680. The highest BCUT2D eigenvalue weighted by Gasteiger charge is 2.33. The van der Waals surface area contributed by atoms with Crippen molar-refractivity contribution in [1.29, 1.82) is 0 Å². The summed E-state index contributed by atoms with van der Waals surface area (Å²) in [6.07, 6.45) is 3.18. The minimum absolute atomic E-state index is 0.0214. The summed E-state index contributed by atoms with van der Waals surface area (Å²) in [5.41, 5.74) is 4.57. The lowest BCUT2D eigenvalue weighted by Gasteiger charge is -2.38. The lowest BCUT2D eigenvalue weighted by atomic mass is 9.84. The Balaban J connectivity index is 1.43. The monoisotopic (exact) mass is 461 g/mol. The van der Waals surface area contributed by atoms with Crippen LogP contribution in [0.3, 0.4) is 0 Å². The van der Waals surface area contributed by atoms with Crippen molar-refractivity contribution in [2.75, 3.05) is 26.2 Å². The first-order valence-corrected chi connectivity index (χ1v) is 12.0. The van der Waals surface area contributed by atoms with Gasteiger partial charge < -0.3 is 14.4 Å². The van der Waals surface area contributed by atoms with Gasteiger partial charge in [0.2, 0.25) is 5.91 Å². The van der Waals surface area contributed by atoms with Crippen LogP contribution in [-0.4, -0.2) is 52.4 Å². The van der Waals surface area contributed by atoms with E-state index in [0.717, 1.165) is 41.9 Å². The fraction of sp³-hybridized carbons (Fsp3) is 0.333. The van der Waals surface area contributed by atoms with Crippen LogP contribution in [0, 0.1) is 12.8 Å². The second-order valence-electron chi connectivity index (χ2n) is 8.95. The van der Waals surface area contributed by atoms with E-state index in [4.69, 9.17) is 11.6 Å². The molecular weight excluding hydrogens is 434 g/mol. The van der Waals surface area contributed by atoms with E-state index in [1.807, 2.05) is 77.4 Å². The number of carbonyl (C=O) groups excluding carboxylic acids is 2. The summed E-state index contributed by atoms with van der Waals surface area (Å²) in [4.78, 5) is 30.0. The van der Waals surface area contributed by atoms with Gasteiger partial charge >= 0.3 is 0 Å². The molecule has 2 heterocycles. The zero-order chi connectivity index (χ0) is 22.9. The predicted octanol–water partition coefficient (Wildman–Crippen LogP) is 5.19. The molecule has 2 aliphatic rings. The number of halogens is 1. The van der Waals surface area contributed by atoms with Crippen LogP contribution in [0.5, 0.6) is 0 Å². The average Bonchev–Trinajstić information content (AvgIpc) is 3.15. The minimum Gasteiger partial charge on any atom is -0.339 e. The molecule has 0 N–H and O–H groups in total. The van der Waals surface area contributed by atoms with Crippen molar-refractivity contribution >= 4 is 23.4 Å². The van der Waals surface area contributed by atoms with Crippen LogP contribution in [-0.2, 0) is 4.79 Å². The van der Waals surface area contributed by atoms with E-state index in [1.54, 1.807) is 0 Å². The molecule has 0 atom stereocenters. The molecule has 0 bridgehead atoms. The first-order chi connectivity index (χ1) is 16.0. The van der Waals surface area contributed by atoms with E-state index in [9.17, 15) is 9.59 Å². The largest absolute Gasteiger partial charge is 0.339 e. The van der Waals surface area contributed by atoms with Crippen molar-refractivity contribution in [2.24, 2.45) is 5.92 Å². The first-order valence-electron chi connectivity index (χ1n) is 11.6. The van der Waals surface area contributed by atoms with E-state index < -0.39 is 0 Å². The van der Waals surface area contributed by atoms with Gasteiger partial charge in [-0.2, -0.15) is 0 Å². The van der Waals surface area contributed by atoms with Crippen LogP contribution in [0.2, 0.25) is 5.02 Å². The number of benzene rings is 2. The highest BCUT2D eigenvalue weighted by molar-refractivity contribution is 6.30. The Morgan fingerprint density at radius 2 is 1.52 bits per heavy atom. The molecule has 2 amide bonds. The third-order valence-electron chi connectivity index (χ3n) is 6.96. The second kappa shape index (κ2) is 9.06. The number of aromatic nitrogens is 1. The van der Waals surface area contributed by atoms with Gasteiger partial charge in [0, 0.05) is 48.5 Å². The molecule has 5 rings (SSSR count). The van der Waals surface area contributed by atoms with Crippen LogP contribution >= 0.6 is 11.6 Å². The van der Waals surface area contributed by atoms with E-state index in [2.05, 4.69) is 4.57 Å². The van der Waals surface area contributed by atoms with Crippen LogP contribution in [0.25, 0.3) is 16.9 Å². The van der Waals surface area contributed by atoms with Gasteiger partial charge in [-0.1, -0.05) is 48.4 Å². The summed E-state index contributed by atoms with van der Waals surface area (Å²) < 4.78 is 2.13. The van der Waals surface area contributed by atoms with Gasteiger partial charge in [0.05, 0.1) is 11.3 Å². The number of nitrogens with zero attached hydrogens (tertiary/aromatic N) is 3. The highest BCUT2D eigenvalue weighted by atomic mass is 35.5. The summed E-state index contributed by atoms with van der Waals surface area (Å²) in [6, 6.07) is 19.8. The molecule has 1 aliphatic carbocycles. The van der Waals surface area contributed by atoms with E-state index in [-0.39, 0.29) is 17.7 Å². The van der Waals surface area contributed by atoms with Crippen molar-refractivity contribution in [3.8, 4) is 16.9 Å². The standard InChI is InChI=1S/C27H28ClN3O2/c1-19-24(27(33)30-16-14-29(15-17-30)26(32)21-6-5-7-21)18-25(20-10-12-22(28)13-11-20)31(19)23-8-3-2-4-9-23/h2-4,8-13,18,21H,5-7,14-17H2,1H3. The van der Waals surface area contributed by atoms with Crippen molar-refractivity contribution in [1.82, 2.24) is 14.4 Å². The number of piperazine rings is 1. The first kappa shape index (κ1) is 21.8. The summed E-state index contributed by atoms with van der Waals surface area (Å²) in [5.74, 6) is 0.495. The Labute approximate surface area is 199 Å². The molecule has 0 radical (unpaired) electrons. The fourth-order valence-corrected chi connectivity index (χ4v) is 4.91. The number of rotatable bonds is 4. The fourth-order valence-electron chi connectivity index (χ4n) is 4.78. The molecule has 0 spiro atoms. The topological polar surface area (TPSA) is 45.6 Å². The number of hydrogen-bond acceptors (Lipinski definition) is 2. The van der Waals surface area contributed by atoms with E-state index in [0.29, 0.717) is 36.8 Å².